The number of ether oxygens (including phenoxy) is 1. The van der Waals surface area contributed by atoms with E-state index in [-0.39, 0.29) is 37.3 Å². The van der Waals surface area contributed by atoms with Crippen LogP contribution >= 0.6 is 0 Å². The molecule has 34 heavy (non-hydrogen) atoms. The van der Waals surface area contributed by atoms with Crippen molar-refractivity contribution in [3.63, 3.8) is 0 Å². The van der Waals surface area contributed by atoms with Crippen LogP contribution in [0.5, 0.6) is 0 Å². The third-order valence-corrected chi connectivity index (χ3v) is 7.84. The van der Waals surface area contributed by atoms with E-state index >= 15 is 0 Å². The second kappa shape index (κ2) is 8.78. The fourth-order valence-corrected chi connectivity index (χ4v) is 6.11. The minimum Gasteiger partial charge on any atom is -0.481 e. The highest BCUT2D eigenvalue weighted by molar-refractivity contribution is 5.82. The number of carboxylic acids is 1. The molecule has 2 amide bonds. The Morgan fingerprint density at radius 1 is 1.12 bits per heavy atom. The van der Waals surface area contributed by atoms with Crippen molar-refractivity contribution in [2.75, 3.05) is 19.7 Å². The number of rotatable bonds is 6. The molecule has 0 radical (unpaired) electrons. The number of hydrogen-bond acceptors (Lipinski definition) is 4. The summed E-state index contributed by atoms with van der Waals surface area (Å²) in [5.74, 6) is -0.915. The Morgan fingerprint density at radius 3 is 2.38 bits per heavy atom. The van der Waals surface area contributed by atoms with Gasteiger partial charge in [0.2, 0.25) is 5.91 Å². The van der Waals surface area contributed by atoms with Gasteiger partial charge in [-0.2, -0.15) is 0 Å². The quantitative estimate of drug-likeness (QED) is 0.676. The van der Waals surface area contributed by atoms with Crippen molar-refractivity contribution >= 4 is 18.0 Å². The number of alkyl carbamates (subject to hydrolysis) is 1. The third kappa shape index (κ3) is 3.83. The average Bonchev–Trinajstić information content (AvgIpc) is 3.47. The highest BCUT2D eigenvalue weighted by Crippen LogP contribution is 2.49. The second-order valence-corrected chi connectivity index (χ2v) is 9.90. The molecular formula is C27H30N2O5. The standard InChI is InChI=1S/C27H30N2O5/c1-17(13-24(30)29-14-18-7-6-12-27(18,16-29)25(31)32)28-26(33)34-15-23-21-10-4-2-8-19(21)20-9-3-5-11-22(20)23/h2-5,8-11,17-18,23H,6-7,12-16H2,1H3,(H,28,33)(H,31,32)/t17-,18+,27+/m0/s1. The number of carbonyl (C=O) groups is 3. The van der Waals surface area contributed by atoms with Gasteiger partial charge >= 0.3 is 12.1 Å². The van der Waals surface area contributed by atoms with E-state index in [1.807, 2.05) is 24.3 Å². The molecule has 0 spiro atoms. The van der Waals surface area contributed by atoms with Crippen molar-refractivity contribution in [2.45, 2.75) is 44.6 Å². The van der Waals surface area contributed by atoms with E-state index in [1.54, 1.807) is 11.8 Å². The second-order valence-electron chi connectivity index (χ2n) is 9.90. The predicted octanol–water partition coefficient (Wildman–Crippen LogP) is 4.02. The van der Waals surface area contributed by atoms with Crippen molar-refractivity contribution in [1.82, 2.24) is 10.2 Å². The molecule has 2 aromatic carbocycles. The molecule has 0 aromatic heterocycles. The number of amides is 2. The third-order valence-electron chi connectivity index (χ3n) is 7.84. The summed E-state index contributed by atoms with van der Waals surface area (Å²) >= 11 is 0. The van der Waals surface area contributed by atoms with Crippen molar-refractivity contribution in [3.8, 4) is 11.1 Å². The van der Waals surface area contributed by atoms with Gasteiger partial charge in [0.15, 0.2) is 0 Å². The molecule has 1 aliphatic heterocycles. The number of nitrogens with one attached hydrogen (secondary N) is 1. The summed E-state index contributed by atoms with van der Waals surface area (Å²) in [5, 5.41) is 12.5. The van der Waals surface area contributed by atoms with Crippen LogP contribution < -0.4 is 5.32 Å². The minimum atomic E-state index is -0.796. The maximum Gasteiger partial charge on any atom is 0.407 e. The van der Waals surface area contributed by atoms with Gasteiger partial charge in [0.25, 0.3) is 0 Å². The zero-order valence-corrected chi connectivity index (χ0v) is 19.3. The number of carbonyl (C=O) groups excluding carboxylic acids is 2. The van der Waals surface area contributed by atoms with Crippen molar-refractivity contribution in [2.24, 2.45) is 11.3 Å². The molecule has 1 heterocycles. The molecule has 2 N–H and O–H groups in total. The minimum absolute atomic E-state index is 0.0219. The van der Waals surface area contributed by atoms with E-state index < -0.39 is 23.5 Å². The van der Waals surface area contributed by atoms with Crippen LogP contribution in [0, 0.1) is 11.3 Å². The summed E-state index contributed by atoms with van der Waals surface area (Å²) in [6, 6.07) is 15.9. The van der Waals surface area contributed by atoms with Gasteiger partial charge < -0.3 is 20.1 Å². The maximum atomic E-state index is 12.8. The number of hydrogen-bond donors (Lipinski definition) is 2. The van der Waals surface area contributed by atoms with Crippen LogP contribution in [0.1, 0.15) is 49.7 Å². The first-order valence-electron chi connectivity index (χ1n) is 12.0. The zero-order chi connectivity index (χ0) is 23.9. The van der Waals surface area contributed by atoms with Crippen LogP contribution in [-0.2, 0) is 14.3 Å². The van der Waals surface area contributed by atoms with Gasteiger partial charge in [-0.3, -0.25) is 9.59 Å². The van der Waals surface area contributed by atoms with Gasteiger partial charge in [-0.05, 0) is 47.9 Å². The van der Waals surface area contributed by atoms with E-state index in [1.165, 1.54) is 11.1 Å². The van der Waals surface area contributed by atoms with E-state index in [9.17, 15) is 19.5 Å². The molecule has 2 aromatic rings. The fraction of sp³-hybridized carbons (Fsp3) is 0.444. The molecule has 1 saturated heterocycles. The van der Waals surface area contributed by atoms with Gasteiger partial charge in [-0.15, -0.1) is 0 Å². The number of benzene rings is 2. The lowest BCUT2D eigenvalue weighted by atomic mass is 9.81. The summed E-state index contributed by atoms with van der Waals surface area (Å²) < 4.78 is 5.57. The van der Waals surface area contributed by atoms with E-state index in [0.717, 1.165) is 24.0 Å². The first kappa shape index (κ1) is 22.4. The first-order valence-corrected chi connectivity index (χ1v) is 12.0. The molecule has 3 atom stereocenters. The van der Waals surface area contributed by atoms with E-state index in [0.29, 0.717) is 13.0 Å². The topological polar surface area (TPSA) is 95.9 Å². The molecule has 178 valence electrons. The molecule has 0 bridgehead atoms. The summed E-state index contributed by atoms with van der Waals surface area (Å²) in [4.78, 5) is 38.8. The Balaban J connectivity index is 1.15. The summed E-state index contributed by atoms with van der Waals surface area (Å²) in [6.45, 7) is 2.74. The maximum absolute atomic E-state index is 12.8. The van der Waals surface area contributed by atoms with E-state index in [4.69, 9.17) is 4.74 Å². The number of fused-ring (bicyclic) bond motifs is 4. The van der Waals surface area contributed by atoms with Crippen LogP contribution in [0.4, 0.5) is 4.79 Å². The summed E-state index contributed by atoms with van der Waals surface area (Å²) in [5.41, 5.74) is 3.83. The molecular weight excluding hydrogens is 432 g/mol. The van der Waals surface area contributed by atoms with Crippen LogP contribution in [0.2, 0.25) is 0 Å². The molecule has 7 nitrogen and oxygen atoms in total. The summed E-state index contributed by atoms with van der Waals surface area (Å²) in [7, 11) is 0. The largest absolute Gasteiger partial charge is 0.481 e. The molecule has 5 rings (SSSR count). The Bertz CT molecular complexity index is 1090. The normalized spacial score (nSPS) is 23.7. The van der Waals surface area contributed by atoms with E-state index in [2.05, 4.69) is 29.6 Å². The van der Waals surface area contributed by atoms with Gasteiger partial charge in [-0.25, -0.2) is 4.79 Å². The van der Waals surface area contributed by atoms with Crippen molar-refractivity contribution in [3.05, 3.63) is 59.7 Å². The number of carboxylic acid groups (broad SMARTS) is 1. The van der Waals surface area contributed by atoms with Gasteiger partial charge in [0, 0.05) is 31.5 Å². The Hall–Kier alpha value is -3.35. The Morgan fingerprint density at radius 2 is 1.76 bits per heavy atom. The number of likely N-dealkylation sites (tertiary alicyclic amines) is 1. The first-order chi connectivity index (χ1) is 16.4. The molecule has 2 fully saturated rings. The number of nitrogens with zero attached hydrogens (tertiary/aromatic N) is 1. The molecule has 0 unspecified atom stereocenters. The van der Waals surface area contributed by atoms with Crippen molar-refractivity contribution < 1.29 is 24.2 Å². The summed E-state index contributed by atoms with van der Waals surface area (Å²) in [6.07, 6.45) is 1.95. The average molecular weight is 463 g/mol. The molecule has 3 aliphatic rings. The monoisotopic (exact) mass is 462 g/mol. The Labute approximate surface area is 199 Å². The lowest BCUT2D eigenvalue weighted by Gasteiger charge is -2.24. The van der Waals surface area contributed by atoms with Gasteiger partial charge in [-0.1, -0.05) is 55.0 Å². The van der Waals surface area contributed by atoms with Crippen LogP contribution in [-0.4, -0.2) is 53.7 Å². The van der Waals surface area contributed by atoms with Gasteiger partial charge in [0.1, 0.15) is 6.61 Å². The SMILES string of the molecule is C[C@@H](CC(=O)N1C[C@H]2CCC[C@@]2(C(=O)O)C1)NC(=O)OCC1c2ccccc2-c2ccccc21. The Kier molecular flexibility index (Phi) is 5.80. The lowest BCUT2D eigenvalue weighted by molar-refractivity contribution is -0.149. The van der Waals surface area contributed by atoms with Crippen LogP contribution in [0.15, 0.2) is 48.5 Å². The predicted molar refractivity (Wildman–Crippen MR) is 126 cm³/mol. The zero-order valence-electron chi connectivity index (χ0n) is 19.3. The highest BCUT2D eigenvalue weighted by Gasteiger charge is 2.55. The molecule has 1 saturated carbocycles. The lowest BCUT2D eigenvalue weighted by Crippen LogP contribution is -2.41. The molecule has 2 aliphatic carbocycles. The molecule has 7 heteroatoms. The smallest absolute Gasteiger partial charge is 0.407 e. The highest BCUT2D eigenvalue weighted by atomic mass is 16.5. The fourth-order valence-electron chi connectivity index (χ4n) is 6.11. The van der Waals surface area contributed by atoms with Crippen LogP contribution in [0.25, 0.3) is 11.1 Å². The van der Waals surface area contributed by atoms with Gasteiger partial charge in [0.05, 0.1) is 5.41 Å². The number of aliphatic carboxylic acids is 1. The van der Waals surface area contributed by atoms with Crippen LogP contribution in [0.3, 0.4) is 0 Å². The van der Waals surface area contributed by atoms with Crippen molar-refractivity contribution in [1.29, 1.82) is 0 Å².